The molecule has 0 aromatic carbocycles. The van der Waals surface area contributed by atoms with E-state index in [0.717, 1.165) is 12.8 Å². The van der Waals surface area contributed by atoms with E-state index in [0.29, 0.717) is 6.61 Å². The summed E-state index contributed by atoms with van der Waals surface area (Å²) in [6.45, 7) is 2.78. The van der Waals surface area contributed by atoms with Gasteiger partial charge in [0.15, 0.2) is 0 Å². The van der Waals surface area contributed by atoms with Crippen LogP contribution in [0.15, 0.2) is 6.33 Å². The molecule has 1 rings (SSSR count). The van der Waals surface area contributed by atoms with Crippen molar-refractivity contribution in [1.82, 2.24) is 14.8 Å². The Morgan fingerprint density at radius 1 is 1.20 bits per heavy atom. The molecule has 1 aromatic rings. The number of nitrogens with zero attached hydrogens (tertiary/aromatic N) is 3. The van der Waals surface area contributed by atoms with Gasteiger partial charge < -0.3 is 10.5 Å². The third-order valence-electron chi connectivity index (χ3n) is 3.11. The Kier molecular flexibility index (Phi) is 8.42. The van der Waals surface area contributed by atoms with Gasteiger partial charge in [0.1, 0.15) is 12.9 Å². The van der Waals surface area contributed by atoms with Crippen LogP contribution in [0.25, 0.3) is 0 Å². The Hall–Kier alpha value is -1.59. The molecule has 6 heteroatoms. The van der Waals surface area contributed by atoms with Crippen LogP contribution in [0.3, 0.4) is 0 Å². The number of hydrogen-bond acceptors (Lipinski definition) is 5. The maximum Gasteiger partial charge on any atom is 0.327 e. The van der Waals surface area contributed by atoms with Crippen molar-refractivity contribution in [3.05, 3.63) is 6.33 Å². The number of nitrogen functional groups attached to an aromatic ring is 1. The molecule has 0 aliphatic carbocycles. The molecule has 0 fully saturated rings. The molecule has 0 amide bonds. The second-order valence-electron chi connectivity index (χ2n) is 5.00. The van der Waals surface area contributed by atoms with Crippen molar-refractivity contribution in [3.8, 4) is 0 Å². The van der Waals surface area contributed by atoms with Gasteiger partial charge in [-0.3, -0.25) is 4.79 Å². The maximum absolute atomic E-state index is 11.5. The van der Waals surface area contributed by atoms with Crippen LogP contribution in [0, 0.1) is 0 Å². The van der Waals surface area contributed by atoms with Crippen LogP contribution >= 0.6 is 0 Å². The molecule has 114 valence electrons. The highest BCUT2D eigenvalue weighted by molar-refractivity contribution is 5.68. The summed E-state index contributed by atoms with van der Waals surface area (Å²) >= 11 is 0. The summed E-state index contributed by atoms with van der Waals surface area (Å²) in [6, 6.07) is 0. The Balaban J connectivity index is 1.92. The molecular formula is C14H26N4O2. The molecule has 0 bridgehead atoms. The lowest BCUT2D eigenvalue weighted by Crippen LogP contribution is -2.14. The number of esters is 1. The predicted octanol–water partition coefficient (Wildman–Crippen LogP) is 2.54. The molecule has 1 aromatic heterocycles. The fourth-order valence-corrected chi connectivity index (χ4v) is 1.99. The molecule has 1 heterocycles. The SMILES string of the molecule is CCCCCCCCCCOC(=O)Cn1cnc(N)n1. The molecule has 0 atom stereocenters. The second kappa shape index (κ2) is 10.2. The molecule has 6 nitrogen and oxygen atoms in total. The number of anilines is 1. The van der Waals surface area contributed by atoms with Crippen LogP contribution in [0.1, 0.15) is 58.3 Å². The monoisotopic (exact) mass is 282 g/mol. The zero-order valence-electron chi connectivity index (χ0n) is 12.4. The zero-order valence-corrected chi connectivity index (χ0v) is 12.4. The van der Waals surface area contributed by atoms with Gasteiger partial charge in [0.25, 0.3) is 0 Å². The number of unbranched alkanes of at least 4 members (excludes halogenated alkanes) is 7. The van der Waals surface area contributed by atoms with Gasteiger partial charge in [0, 0.05) is 0 Å². The average molecular weight is 282 g/mol. The van der Waals surface area contributed by atoms with Crippen molar-refractivity contribution in [2.24, 2.45) is 0 Å². The number of rotatable bonds is 11. The molecule has 0 saturated carbocycles. The van der Waals surface area contributed by atoms with Crippen molar-refractivity contribution in [3.63, 3.8) is 0 Å². The first-order valence-electron chi connectivity index (χ1n) is 7.53. The number of carbonyl (C=O) groups is 1. The first kappa shape index (κ1) is 16.5. The molecule has 0 saturated heterocycles. The van der Waals surface area contributed by atoms with Gasteiger partial charge in [-0.05, 0) is 6.42 Å². The summed E-state index contributed by atoms with van der Waals surface area (Å²) in [6.07, 6.45) is 11.3. The molecule has 0 spiro atoms. The van der Waals surface area contributed by atoms with Crippen LogP contribution in [-0.2, 0) is 16.1 Å². The van der Waals surface area contributed by atoms with Gasteiger partial charge in [-0.15, -0.1) is 5.10 Å². The third kappa shape index (κ3) is 7.76. The van der Waals surface area contributed by atoms with Crippen LogP contribution in [0.2, 0.25) is 0 Å². The molecule has 0 aliphatic heterocycles. The van der Waals surface area contributed by atoms with E-state index in [1.54, 1.807) is 0 Å². The molecule has 20 heavy (non-hydrogen) atoms. The lowest BCUT2D eigenvalue weighted by atomic mass is 10.1. The molecule has 2 N–H and O–H groups in total. The third-order valence-corrected chi connectivity index (χ3v) is 3.11. The largest absolute Gasteiger partial charge is 0.464 e. The number of ether oxygens (including phenoxy) is 1. The molecular weight excluding hydrogens is 256 g/mol. The van der Waals surface area contributed by atoms with Crippen LogP contribution in [0.4, 0.5) is 5.95 Å². The minimum absolute atomic E-state index is 0.0707. The van der Waals surface area contributed by atoms with Gasteiger partial charge in [0.05, 0.1) is 6.61 Å². The van der Waals surface area contributed by atoms with E-state index in [1.807, 2.05) is 0 Å². The van der Waals surface area contributed by atoms with Crippen LogP contribution in [0.5, 0.6) is 0 Å². The van der Waals surface area contributed by atoms with Gasteiger partial charge in [-0.25, -0.2) is 9.67 Å². The fourth-order valence-electron chi connectivity index (χ4n) is 1.99. The van der Waals surface area contributed by atoms with Crippen molar-refractivity contribution in [1.29, 1.82) is 0 Å². The highest BCUT2D eigenvalue weighted by atomic mass is 16.5. The smallest absolute Gasteiger partial charge is 0.327 e. The first-order valence-corrected chi connectivity index (χ1v) is 7.53. The average Bonchev–Trinajstić information content (AvgIpc) is 2.82. The lowest BCUT2D eigenvalue weighted by molar-refractivity contribution is -0.144. The number of hydrogen-bond donors (Lipinski definition) is 1. The Morgan fingerprint density at radius 2 is 1.85 bits per heavy atom. The van der Waals surface area contributed by atoms with E-state index in [1.165, 1.54) is 49.5 Å². The summed E-state index contributed by atoms with van der Waals surface area (Å²) in [4.78, 5) is 15.2. The van der Waals surface area contributed by atoms with Crippen LogP contribution in [-0.4, -0.2) is 27.3 Å². The van der Waals surface area contributed by atoms with Gasteiger partial charge in [0.2, 0.25) is 5.95 Å². The van der Waals surface area contributed by atoms with E-state index < -0.39 is 0 Å². The lowest BCUT2D eigenvalue weighted by Gasteiger charge is -2.04. The fraction of sp³-hybridized carbons (Fsp3) is 0.786. The van der Waals surface area contributed by atoms with Crippen molar-refractivity contribution in [2.45, 2.75) is 64.8 Å². The number of nitrogens with two attached hydrogens (primary N) is 1. The van der Waals surface area contributed by atoms with Crippen molar-refractivity contribution in [2.75, 3.05) is 12.3 Å². The summed E-state index contributed by atoms with van der Waals surface area (Å²) in [5, 5.41) is 3.83. The van der Waals surface area contributed by atoms with Crippen molar-refractivity contribution >= 4 is 11.9 Å². The van der Waals surface area contributed by atoms with Gasteiger partial charge in [-0.2, -0.15) is 0 Å². The number of aromatic nitrogens is 3. The van der Waals surface area contributed by atoms with Gasteiger partial charge >= 0.3 is 5.97 Å². The Morgan fingerprint density at radius 3 is 2.45 bits per heavy atom. The van der Waals surface area contributed by atoms with Gasteiger partial charge in [-0.1, -0.05) is 51.9 Å². The number of carbonyl (C=O) groups excluding carboxylic acids is 1. The minimum atomic E-state index is -0.294. The second-order valence-corrected chi connectivity index (χ2v) is 5.00. The first-order chi connectivity index (χ1) is 9.72. The highest BCUT2D eigenvalue weighted by Gasteiger charge is 2.05. The van der Waals surface area contributed by atoms with E-state index in [9.17, 15) is 4.79 Å². The van der Waals surface area contributed by atoms with Crippen LogP contribution < -0.4 is 5.73 Å². The summed E-state index contributed by atoms with van der Waals surface area (Å²) in [5.41, 5.74) is 5.36. The normalized spacial score (nSPS) is 10.7. The van der Waals surface area contributed by atoms with E-state index in [-0.39, 0.29) is 18.5 Å². The molecule has 0 aliphatic rings. The standard InChI is InChI=1S/C14H26N4O2/c1-2-3-4-5-6-7-8-9-10-20-13(19)11-18-12-16-14(15)17-18/h12H,2-11H2,1H3,(H2,15,17). The summed E-state index contributed by atoms with van der Waals surface area (Å²) in [7, 11) is 0. The topological polar surface area (TPSA) is 83.0 Å². The van der Waals surface area contributed by atoms with E-state index in [2.05, 4.69) is 17.0 Å². The summed E-state index contributed by atoms with van der Waals surface area (Å²) in [5.74, 6) is -0.126. The maximum atomic E-state index is 11.5. The molecule has 0 radical (unpaired) electrons. The summed E-state index contributed by atoms with van der Waals surface area (Å²) < 4.78 is 6.51. The van der Waals surface area contributed by atoms with Crippen molar-refractivity contribution < 1.29 is 9.53 Å². The zero-order chi connectivity index (χ0) is 14.6. The Labute approximate surface area is 120 Å². The van der Waals surface area contributed by atoms with E-state index >= 15 is 0 Å². The quantitative estimate of drug-likeness (QED) is 0.498. The highest BCUT2D eigenvalue weighted by Crippen LogP contribution is 2.08. The van der Waals surface area contributed by atoms with E-state index in [4.69, 9.17) is 10.5 Å². The predicted molar refractivity (Wildman–Crippen MR) is 78.0 cm³/mol. The minimum Gasteiger partial charge on any atom is -0.464 e. The molecule has 0 unspecified atom stereocenters. The Bertz CT molecular complexity index is 379.